The molecule has 1 N–H and O–H groups in total. The lowest BCUT2D eigenvalue weighted by Gasteiger charge is -2.32. The first kappa shape index (κ1) is 21.2. The second kappa shape index (κ2) is 10.2. The van der Waals surface area contributed by atoms with Gasteiger partial charge in [-0.1, -0.05) is 55.4 Å². The molecule has 3 heteroatoms. The Hall–Kier alpha value is -1.87. The van der Waals surface area contributed by atoms with E-state index in [1.807, 2.05) is 25.2 Å². The molecular formula is C22H32O3. The fourth-order valence-corrected chi connectivity index (χ4v) is 3.05. The van der Waals surface area contributed by atoms with Gasteiger partial charge >= 0.3 is 5.97 Å². The monoisotopic (exact) mass is 344 g/mol. The molecule has 1 aliphatic rings. The van der Waals surface area contributed by atoms with E-state index in [0.717, 1.165) is 11.1 Å². The maximum atomic E-state index is 11.4. The molecule has 0 saturated carbocycles. The average Bonchev–Trinajstić information content (AvgIpc) is 2.51. The van der Waals surface area contributed by atoms with Crippen LogP contribution in [0.3, 0.4) is 0 Å². The normalized spacial score (nSPS) is 19.1. The van der Waals surface area contributed by atoms with Crippen LogP contribution in [-0.2, 0) is 9.53 Å². The largest absolute Gasteiger partial charge is 0.460 e. The number of aliphatic hydroxyl groups is 1. The van der Waals surface area contributed by atoms with Crippen molar-refractivity contribution in [2.45, 2.75) is 53.9 Å². The van der Waals surface area contributed by atoms with Crippen LogP contribution >= 0.6 is 0 Å². The molecule has 0 amide bonds. The predicted octanol–water partition coefficient (Wildman–Crippen LogP) is 5.05. The molecule has 0 atom stereocenters. The van der Waals surface area contributed by atoms with E-state index in [1.165, 1.54) is 36.5 Å². The molecule has 0 bridgehead atoms. The summed E-state index contributed by atoms with van der Waals surface area (Å²) in [6, 6.07) is 0. The Balaban J connectivity index is 2.69. The number of ether oxygens (including phenoxy) is 1. The molecule has 3 nitrogen and oxygen atoms in total. The molecule has 0 aromatic carbocycles. The van der Waals surface area contributed by atoms with E-state index in [0.29, 0.717) is 0 Å². The van der Waals surface area contributed by atoms with E-state index >= 15 is 0 Å². The molecule has 0 unspecified atom stereocenters. The summed E-state index contributed by atoms with van der Waals surface area (Å²) in [4.78, 5) is 11.4. The van der Waals surface area contributed by atoms with Crippen LogP contribution < -0.4 is 0 Å². The lowest BCUT2D eigenvalue weighted by molar-refractivity contribution is -0.138. The smallest absolute Gasteiger partial charge is 0.331 e. The number of hydrogen-bond acceptors (Lipinski definition) is 3. The molecule has 0 aromatic rings. The molecule has 25 heavy (non-hydrogen) atoms. The molecular weight excluding hydrogens is 312 g/mol. The summed E-state index contributed by atoms with van der Waals surface area (Å²) in [7, 11) is 0. The zero-order valence-corrected chi connectivity index (χ0v) is 16.3. The van der Waals surface area contributed by atoms with Crippen LogP contribution in [0, 0.1) is 5.41 Å². The molecule has 0 fully saturated rings. The quantitative estimate of drug-likeness (QED) is 0.399. The van der Waals surface area contributed by atoms with Crippen LogP contribution in [0.25, 0.3) is 0 Å². The number of allylic oxidation sites excluding steroid dienone is 9. The van der Waals surface area contributed by atoms with Crippen LogP contribution in [-0.4, -0.2) is 24.3 Å². The number of rotatable bonds is 7. The van der Waals surface area contributed by atoms with Crippen LogP contribution in [0.1, 0.15) is 53.9 Å². The minimum absolute atomic E-state index is 0.0295. The zero-order chi connectivity index (χ0) is 18.9. The van der Waals surface area contributed by atoms with Crippen molar-refractivity contribution < 1.29 is 14.6 Å². The van der Waals surface area contributed by atoms with Crippen molar-refractivity contribution in [2.24, 2.45) is 5.41 Å². The lowest BCUT2D eigenvalue weighted by Crippen LogP contribution is -2.19. The average molecular weight is 344 g/mol. The summed E-state index contributed by atoms with van der Waals surface area (Å²) in [6.45, 7) is 10.7. The molecule has 0 heterocycles. The summed E-state index contributed by atoms with van der Waals surface area (Å²) in [6.07, 6.45) is 15.4. The van der Waals surface area contributed by atoms with E-state index in [1.54, 1.807) is 0 Å². The minimum Gasteiger partial charge on any atom is -0.460 e. The SMILES string of the molecule is CC1=C(/C=C/C(C)=C/C=C/C(C)=C/C(=O)OCCO)C(C)(C)CCC1. The van der Waals surface area contributed by atoms with Gasteiger partial charge in [0.15, 0.2) is 0 Å². The maximum Gasteiger partial charge on any atom is 0.331 e. The Morgan fingerprint density at radius 3 is 2.60 bits per heavy atom. The summed E-state index contributed by atoms with van der Waals surface area (Å²) >= 11 is 0. The fourth-order valence-electron chi connectivity index (χ4n) is 3.05. The first-order chi connectivity index (χ1) is 11.8. The predicted molar refractivity (Wildman–Crippen MR) is 104 cm³/mol. The summed E-state index contributed by atoms with van der Waals surface area (Å²) < 4.78 is 4.79. The van der Waals surface area contributed by atoms with Crippen molar-refractivity contribution in [1.82, 2.24) is 0 Å². The number of carbonyl (C=O) groups is 1. The first-order valence-electron chi connectivity index (χ1n) is 8.95. The highest BCUT2D eigenvalue weighted by Gasteiger charge is 2.26. The number of hydrogen-bond donors (Lipinski definition) is 1. The highest BCUT2D eigenvalue weighted by atomic mass is 16.5. The van der Waals surface area contributed by atoms with Gasteiger partial charge in [-0.25, -0.2) is 4.79 Å². The zero-order valence-electron chi connectivity index (χ0n) is 16.3. The number of carbonyl (C=O) groups excluding carboxylic acids is 1. The van der Waals surface area contributed by atoms with Gasteiger partial charge in [-0.05, 0) is 56.6 Å². The highest BCUT2D eigenvalue weighted by molar-refractivity contribution is 5.83. The van der Waals surface area contributed by atoms with Crippen LogP contribution in [0.2, 0.25) is 0 Å². The van der Waals surface area contributed by atoms with Crippen molar-refractivity contribution >= 4 is 5.97 Å². The Bertz CT molecular complexity index is 613. The van der Waals surface area contributed by atoms with Crippen LogP contribution in [0.5, 0.6) is 0 Å². The Morgan fingerprint density at radius 2 is 1.96 bits per heavy atom. The highest BCUT2D eigenvalue weighted by Crippen LogP contribution is 2.40. The third kappa shape index (κ3) is 7.70. The van der Waals surface area contributed by atoms with E-state index in [4.69, 9.17) is 9.84 Å². The fraction of sp³-hybridized carbons (Fsp3) is 0.500. The number of aliphatic hydroxyl groups excluding tert-OH is 1. The molecule has 1 aliphatic carbocycles. The third-order valence-electron chi connectivity index (χ3n) is 4.45. The summed E-state index contributed by atoms with van der Waals surface area (Å²) in [5.41, 5.74) is 5.18. The van der Waals surface area contributed by atoms with Crippen LogP contribution in [0.15, 0.2) is 58.7 Å². The van der Waals surface area contributed by atoms with E-state index in [2.05, 4.69) is 39.8 Å². The second-order valence-electron chi connectivity index (χ2n) is 7.31. The van der Waals surface area contributed by atoms with E-state index in [9.17, 15) is 4.79 Å². The molecule has 0 radical (unpaired) electrons. The van der Waals surface area contributed by atoms with Gasteiger partial charge in [0.2, 0.25) is 0 Å². The standard InChI is InChI=1S/C22H32O3/c1-17(8-6-9-18(2)16-21(24)25-15-14-23)11-12-20-19(3)10-7-13-22(20,4)5/h6,8-9,11-12,16,23H,7,10,13-15H2,1-5H3/b9-6+,12-11+,17-8+,18-16+. The molecule has 0 spiro atoms. The Kier molecular flexibility index (Phi) is 8.64. The van der Waals surface area contributed by atoms with Crippen LogP contribution in [0.4, 0.5) is 0 Å². The minimum atomic E-state index is -0.432. The van der Waals surface area contributed by atoms with Crippen molar-refractivity contribution in [3.8, 4) is 0 Å². The summed E-state index contributed by atoms with van der Waals surface area (Å²) in [5.74, 6) is -0.432. The first-order valence-corrected chi connectivity index (χ1v) is 8.95. The molecule has 138 valence electrons. The van der Waals surface area contributed by atoms with Gasteiger partial charge < -0.3 is 9.84 Å². The van der Waals surface area contributed by atoms with Gasteiger partial charge in [-0.2, -0.15) is 0 Å². The van der Waals surface area contributed by atoms with Gasteiger partial charge in [0.05, 0.1) is 6.61 Å². The van der Waals surface area contributed by atoms with Crippen molar-refractivity contribution in [3.05, 3.63) is 58.7 Å². The van der Waals surface area contributed by atoms with Crippen molar-refractivity contribution in [3.63, 3.8) is 0 Å². The van der Waals surface area contributed by atoms with E-state index < -0.39 is 5.97 Å². The topological polar surface area (TPSA) is 46.5 Å². The Morgan fingerprint density at radius 1 is 1.24 bits per heavy atom. The van der Waals surface area contributed by atoms with Gasteiger partial charge in [0.1, 0.15) is 6.61 Å². The molecule has 0 aliphatic heterocycles. The van der Waals surface area contributed by atoms with Crippen molar-refractivity contribution in [1.29, 1.82) is 0 Å². The van der Waals surface area contributed by atoms with Gasteiger partial charge in [0, 0.05) is 6.08 Å². The van der Waals surface area contributed by atoms with E-state index in [-0.39, 0.29) is 18.6 Å². The van der Waals surface area contributed by atoms with Gasteiger partial charge in [0.25, 0.3) is 0 Å². The second-order valence-corrected chi connectivity index (χ2v) is 7.31. The number of esters is 1. The third-order valence-corrected chi connectivity index (χ3v) is 4.45. The molecule has 0 saturated heterocycles. The Labute approximate surface area is 152 Å². The lowest BCUT2D eigenvalue weighted by atomic mass is 9.72. The van der Waals surface area contributed by atoms with Crippen molar-refractivity contribution in [2.75, 3.05) is 13.2 Å². The maximum absolute atomic E-state index is 11.4. The van der Waals surface area contributed by atoms with Gasteiger partial charge in [-0.15, -0.1) is 0 Å². The van der Waals surface area contributed by atoms with Gasteiger partial charge in [-0.3, -0.25) is 0 Å². The molecule has 1 rings (SSSR count). The molecule has 0 aromatic heterocycles. The summed E-state index contributed by atoms with van der Waals surface area (Å²) in [5, 5.41) is 8.62.